The second kappa shape index (κ2) is 7.98. The van der Waals surface area contributed by atoms with E-state index in [1.165, 1.54) is 0 Å². The van der Waals surface area contributed by atoms with Gasteiger partial charge in [-0.2, -0.15) is 5.26 Å². The smallest absolute Gasteiger partial charge is 0.308 e. The Bertz CT molecular complexity index is 1050. The van der Waals surface area contributed by atoms with Gasteiger partial charge in [0.15, 0.2) is 0 Å². The van der Waals surface area contributed by atoms with Crippen molar-refractivity contribution in [2.75, 3.05) is 6.61 Å². The number of fused-ring (bicyclic) bond motifs is 1. The van der Waals surface area contributed by atoms with Crippen molar-refractivity contribution in [2.24, 2.45) is 0 Å². The summed E-state index contributed by atoms with van der Waals surface area (Å²) in [5.41, 5.74) is 3.08. The SMILES string of the molecule is N#Cc1cccc(C#Cc2c(COC(=O)CCO)nc3ccccn23)c1. The topological polar surface area (TPSA) is 87.6 Å². The molecule has 0 spiro atoms. The maximum absolute atomic E-state index is 11.5. The number of imidazole rings is 1. The third-order valence-electron chi connectivity index (χ3n) is 3.60. The van der Waals surface area contributed by atoms with Gasteiger partial charge < -0.3 is 9.84 Å². The first-order valence-electron chi connectivity index (χ1n) is 7.96. The normalized spacial score (nSPS) is 10.0. The summed E-state index contributed by atoms with van der Waals surface area (Å²) in [4.78, 5) is 16.0. The van der Waals surface area contributed by atoms with E-state index in [-0.39, 0.29) is 19.6 Å². The maximum Gasteiger partial charge on any atom is 0.308 e. The van der Waals surface area contributed by atoms with E-state index >= 15 is 0 Å². The van der Waals surface area contributed by atoms with E-state index in [0.717, 1.165) is 0 Å². The van der Waals surface area contributed by atoms with Crippen LogP contribution in [0.25, 0.3) is 5.65 Å². The van der Waals surface area contributed by atoms with Crippen LogP contribution in [-0.2, 0) is 16.1 Å². The highest BCUT2D eigenvalue weighted by Crippen LogP contribution is 2.14. The number of aliphatic hydroxyl groups is 1. The molecule has 0 aliphatic carbocycles. The second-order valence-electron chi connectivity index (χ2n) is 5.41. The van der Waals surface area contributed by atoms with E-state index in [2.05, 4.69) is 22.9 Å². The molecule has 1 N–H and O–H groups in total. The molecule has 128 valence electrons. The minimum atomic E-state index is -0.495. The lowest BCUT2D eigenvalue weighted by Crippen LogP contribution is -2.07. The van der Waals surface area contributed by atoms with Crippen LogP contribution in [0.4, 0.5) is 0 Å². The van der Waals surface area contributed by atoms with Crippen molar-refractivity contribution < 1.29 is 14.6 Å². The van der Waals surface area contributed by atoms with Gasteiger partial charge in [0.25, 0.3) is 0 Å². The van der Waals surface area contributed by atoms with Crippen LogP contribution < -0.4 is 0 Å². The Morgan fingerprint density at radius 1 is 1.19 bits per heavy atom. The van der Waals surface area contributed by atoms with Gasteiger partial charge in [-0.1, -0.05) is 18.1 Å². The Morgan fingerprint density at radius 2 is 2.04 bits per heavy atom. The molecule has 0 amide bonds. The van der Waals surface area contributed by atoms with Crippen LogP contribution >= 0.6 is 0 Å². The molecule has 0 saturated heterocycles. The third-order valence-corrected chi connectivity index (χ3v) is 3.60. The van der Waals surface area contributed by atoms with Crippen LogP contribution in [0.1, 0.15) is 28.9 Å². The summed E-state index contributed by atoms with van der Waals surface area (Å²) in [5, 5.41) is 17.8. The van der Waals surface area contributed by atoms with E-state index in [1.807, 2.05) is 34.9 Å². The van der Waals surface area contributed by atoms with Crippen LogP contribution in [0.3, 0.4) is 0 Å². The fraction of sp³-hybridized carbons (Fsp3) is 0.150. The molecule has 0 aliphatic heterocycles. The summed E-state index contributed by atoms with van der Waals surface area (Å²) >= 11 is 0. The van der Waals surface area contributed by atoms with Crippen molar-refractivity contribution in [3.8, 4) is 17.9 Å². The van der Waals surface area contributed by atoms with E-state index in [0.29, 0.717) is 28.2 Å². The summed E-state index contributed by atoms with van der Waals surface area (Å²) in [6.07, 6.45) is 1.77. The van der Waals surface area contributed by atoms with Crippen molar-refractivity contribution in [3.05, 3.63) is 71.2 Å². The lowest BCUT2D eigenvalue weighted by molar-refractivity contribution is -0.145. The number of carbonyl (C=O) groups is 1. The minimum absolute atomic E-state index is 0.0250. The summed E-state index contributed by atoms with van der Waals surface area (Å²) in [6.45, 7) is -0.283. The Labute approximate surface area is 150 Å². The molecule has 0 atom stereocenters. The number of nitriles is 1. The average molecular weight is 345 g/mol. The number of hydrogen-bond donors (Lipinski definition) is 1. The minimum Gasteiger partial charge on any atom is -0.459 e. The number of aliphatic hydroxyl groups excluding tert-OH is 1. The standard InChI is InChI=1S/C20H15N3O3/c21-13-16-5-3-4-15(12-16)7-8-18-17(14-26-20(25)9-11-24)22-19-6-1-2-10-23(18)19/h1-6,10,12,24H,9,11,14H2. The van der Waals surface area contributed by atoms with E-state index in [4.69, 9.17) is 15.1 Å². The molecule has 0 radical (unpaired) electrons. The van der Waals surface area contributed by atoms with Crippen molar-refractivity contribution >= 4 is 11.6 Å². The summed E-state index contributed by atoms with van der Waals surface area (Å²) in [5.74, 6) is 5.59. The Morgan fingerprint density at radius 3 is 2.85 bits per heavy atom. The van der Waals surface area contributed by atoms with Crippen molar-refractivity contribution in [2.45, 2.75) is 13.0 Å². The number of rotatable bonds is 4. The zero-order valence-corrected chi connectivity index (χ0v) is 13.8. The maximum atomic E-state index is 11.5. The Balaban J connectivity index is 1.96. The molecule has 0 fully saturated rings. The molecule has 3 rings (SSSR count). The van der Waals surface area contributed by atoms with Crippen LogP contribution in [0.2, 0.25) is 0 Å². The molecule has 0 saturated carbocycles. The molecule has 0 aliphatic rings. The van der Waals surface area contributed by atoms with Gasteiger partial charge in [0, 0.05) is 11.8 Å². The predicted molar refractivity (Wildman–Crippen MR) is 93.8 cm³/mol. The van der Waals surface area contributed by atoms with Gasteiger partial charge in [-0.25, -0.2) is 4.98 Å². The van der Waals surface area contributed by atoms with E-state index in [9.17, 15) is 4.79 Å². The quantitative estimate of drug-likeness (QED) is 0.577. The van der Waals surface area contributed by atoms with Crippen LogP contribution in [0.5, 0.6) is 0 Å². The summed E-state index contributed by atoms with van der Waals surface area (Å²) in [6, 6.07) is 14.6. The van der Waals surface area contributed by atoms with Gasteiger partial charge in [0.2, 0.25) is 0 Å². The first-order valence-corrected chi connectivity index (χ1v) is 7.96. The summed E-state index contributed by atoms with van der Waals surface area (Å²) in [7, 11) is 0. The van der Waals surface area contributed by atoms with Crippen LogP contribution in [0.15, 0.2) is 48.7 Å². The molecule has 2 aromatic heterocycles. The lowest BCUT2D eigenvalue weighted by Gasteiger charge is -2.02. The first-order chi connectivity index (χ1) is 12.7. The fourth-order valence-corrected chi connectivity index (χ4v) is 2.39. The molecule has 1 aromatic carbocycles. The number of esters is 1. The van der Waals surface area contributed by atoms with E-state index < -0.39 is 5.97 Å². The fourth-order valence-electron chi connectivity index (χ4n) is 2.39. The largest absolute Gasteiger partial charge is 0.459 e. The molecule has 26 heavy (non-hydrogen) atoms. The second-order valence-corrected chi connectivity index (χ2v) is 5.41. The predicted octanol–water partition coefficient (Wildman–Crippen LogP) is 2.03. The molecule has 0 unspecified atom stereocenters. The molecular formula is C20H15N3O3. The van der Waals surface area contributed by atoms with Gasteiger partial charge in [0.1, 0.15) is 23.6 Å². The number of ether oxygens (including phenoxy) is 1. The number of hydrogen-bond acceptors (Lipinski definition) is 5. The van der Waals surface area contributed by atoms with Gasteiger partial charge in [0.05, 0.1) is 24.7 Å². The Hall–Kier alpha value is -3.61. The van der Waals surface area contributed by atoms with Crippen LogP contribution in [0, 0.1) is 23.2 Å². The molecule has 0 bridgehead atoms. The van der Waals surface area contributed by atoms with Gasteiger partial charge in [-0.05, 0) is 36.3 Å². The average Bonchev–Trinajstić information content (AvgIpc) is 3.02. The number of aromatic nitrogens is 2. The van der Waals surface area contributed by atoms with Gasteiger partial charge in [-0.3, -0.25) is 9.20 Å². The number of pyridine rings is 1. The Kier molecular flexibility index (Phi) is 5.28. The highest BCUT2D eigenvalue weighted by Gasteiger charge is 2.12. The number of carbonyl (C=O) groups excluding carboxylic acids is 1. The molecule has 2 heterocycles. The van der Waals surface area contributed by atoms with E-state index in [1.54, 1.807) is 18.2 Å². The monoisotopic (exact) mass is 345 g/mol. The first kappa shape index (κ1) is 17.2. The highest BCUT2D eigenvalue weighted by molar-refractivity contribution is 5.69. The summed E-state index contributed by atoms with van der Waals surface area (Å²) < 4.78 is 6.96. The van der Waals surface area contributed by atoms with Crippen LogP contribution in [-0.4, -0.2) is 27.1 Å². The zero-order chi connectivity index (χ0) is 18.4. The van der Waals surface area contributed by atoms with Gasteiger partial charge >= 0.3 is 5.97 Å². The number of nitrogens with zero attached hydrogens (tertiary/aromatic N) is 3. The zero-order valence-electron chi connectivity index (χ0n) is 13.8. The van der Waals surface area contributed by atoms with Gasteiger partial charge in [-0.15, -0.1) is 0 Å². The lowest BCUT2D eigenvalue weighted by atomic mass is 10.1. The molecule has 6 nitrogen and oxygen atoms in total. The highest BCUT2D eigenvalue weighted by atomic mass is 16.5. The molecule has 3 aromatic rings. The molecular weight excluding hydrogens is 330 g/mol. The van der Waals surface area contributed by atoms with Crippen molar-refractivity contribution in [1.82, 2.24) is 9.38 Å². The third kappa shape index (κ3) is 3.89. The number of benzene rings is 1. The van der Waals surface area contributed by atoms with Crippen molar-refractivity contribution in [1.29, 1.82) is 5.26 Å². The molecule has 6 heteroatoms. The van der Waals surface area contributed by atoms with Crippen molar-refractivity contribution in [3.63, 3.8) is 0 Å².